The largest absolute Gasteiger partial charge is 0.497 e. The number of methoxy groups -OCH3 is 1. The summed E-state index contributed by atoms with van der Waals surface area (Å²) in [6, 6.07) is 5.90. The number of hydrogen-bond acceptors (Lipinski definition) is 3. The van der Waals surface area contributed by atoms with E-state index in [1.54, 1.807) is 13.7 Å². The Hall–Kier alpha value is -1.52. The summed E-state index contributed by atoms with van der Waals surface area (Å²) in [4.78, 5) is 0. The molecule has 1 aromatic heterocycles. The summed E-state index contributed by atoms with van der Waals surface area (Å²) in [6.45, 7) is 4.53. The van der Waals surface area contributed by atoms with Gasteiger partial charge in [-0.15, -0.1) is 0 Å². The summed E-state index contributed by atoms with van der Waals surface area (Å²) < 4.78 is 7.31. The van der Waals surface area contributed by atoms with E-state index in [-0.39, 0.29) is 0 Å². The van der Waals surface area contributed by atoms with Crippen LogP contribution in [0.25, 0.3) is 10.9 Å². The van der Waals surface area contributed by atoms with Gasteiger partial charge in [0.05, 0.1) is 19.2 Å². The maximum Gasteiger partial charge on any atom is 0.120 e. The molecule has 0 bridgehead atoms. The van der Waals surface area contributed by atoms with Gasteiger partial charge in [0.1, 0.15) is 5.75 Å². The van der Waals surface area contributed by atoms with Gasteiger partial charge in [0.2, 0.25) is 0 Å². The topological polar surface area (TPSA) is 46.4 Å². The number of rotatable bonds is 4. The van der Waals surface area contributed by atoms with Crippen molar-refractivity contribution in [2.75, 3.05) is 7.11 Å². The van der Waals surface area contributed by atoms with Crippen LogP contribution >= 0.6 is 0 Å². The second kappa shape index (κ2) is 4.55. The van der Waals surface area contributed by atoms with Crippen LogP contribution in [0.4, 0.5) is 0 Å². The maximum atomic E-state index is 8.72. The van der Waals surface area contributed by atoms with E-state index in [0.29, 0.717) is 0 Å². The molecule has 1 aromatic carbocycles. The molecular weight excluding hydrogens is 204 g/mol. The third-order valence-corrected chi connectivity index (χ3v) is 2.68. The second-order valence-electron chi connectivity index (χ2n) is 3.53. The minimum atomic E-state index is 0.837. The summed E-state index contributed by atoms with van der Waals surface area (Å²) in [5.74, 6) is 0.837. The standard InChI is InChI=1S/C12H15N2O2/c1-3-14-8-9(7-13-15)11-5-4-10(16-2)6-12(11)14/h4-8,13,15H,3H2,1-2H3. The number of aryl methyl sites for hydroxylation is 1. The Bertz CT molecular complexity index is 491. The van der Waals surface area contributed by atoms with E-state index < -0.39 is 0 Å². The third kappa shape index (κ3) is 1.77. The minimum absolute atomic E-state index is 0.837. The average molecular weight is 219 g/mol. The van der Waals surface area contributed by atoms with Gasteiger partial charge in [0, 0.05) is 24.2 Å². The molecular formula is C12H15N2O2. The lowest BCUT2D eigenvalue weighted by Gasteiger charge is -2.03. The molecule has 2 aromatic rings. The van der Waals surface area contributed by atoms with Gasteiger partial charge in [0.15, 0.2) is 0 Å². The Morgan fingerprint density at radius 3 is 2.94 bits per heavy atom. The first-order chi connectivity index (χ1) is 7.80. The second-order valence-corrected chi connectivity index (χ2v) is 3.53. The number of hydroxylamine groups is 1. The summed E-state index contributed by atoms with van der Waals surface area (Å²) in [5, 5.41) is 9.81. The summed E-state index contributed by atoms with van der Waals surface area (Å²) in [5.41, 5.74) is 4.13. The number of nitrogens with one attached hydrogen (secondary N) is 1. The van der Waals surface area contributed by atoms with E-state index in [1.807, 2.05) is 24.4 Å². The van der Waals surface area contributed by atoms with Crippen LogP contribution in [0.5, 0.6) is 5.75 Å². The van der Waals surface area contributed by atoms with Crippen molar-refractivity contribution in [2.45, 2.75) is 13.5 Å². The Morgan fingerprint density at radius 1 is 1.50 bits per heavy atom. The van der Waals surface area contributed by atoms with Gasteiger partial charge >= 0.3 is 0 Å². The van der Waals surface area contributed by atoms with E-state index in [1.165, 1.54) is 0 Å². The van der Waals surface area contributed by atoms with Crippen LogP contribution in [0.1, 0.15) is 12.5 Å². The molecule has 0 aliphatic heterocycles. The first kappa shape index (κ1) is 11.0. The van der Waals surface area contributed by atoms with Crippen molar-refractivity contribution < 1.29 is 9.94 Å². The van der Waals surface area contributed by atoms with Crippen molar-refractivity contribution in [1.82, 2.24) is 10.0 Å². The SMILES string of the molecule is CCn1cc([CH]NO)c2ccc(OC)cc21. The molecule has 0 aliphatic carbocycles. The lowest BCUT2D eigenvalue weighted by Crippen LogP contribution is -2.02. The molecule has 0 amide bonds. The number of aromatic nitrogens is 1. The molecule has 4 heteroatoms. The Balaban J connectivity index is 2.59. The number of hydrogen-bond donors (Lipinski definition) is 2. The van der Waals surface area contributed by atoms with Gasteiger partial charge in [-0.25, -0.2) is 0 Å². The lowest BCUT2D eigenvalue weighted by atomic mass is 10.2. The first-order valence-electron chi connectivity index (χ1n) is 5.20. The highest BCUT2D eigenvalue weighted by molar-refractivity contribution is 5.86. The molecule has 0 saturated heterocycles. The predicted octanol–water partition coefficient (Wildman–Crippen LogP) is 2.16. The van der Waals surface area contributed by atoms with Gasteiger partial charge in [-0.2, -0.15) is 5.48 Å². The Kier molecular flexibility index (Phi) is 3.12. The molecule has 0 fully saturated rings. The number of fused-ring (bicyclic) bond motifs is 1. The zero-order chi connectivity index (χ0) is 11.5. The van der Waals surface area contributed by atoms with E-state index in [4.69, 9.17) is 9.94 Å². The smallest absolute Gasteiger partial charge is 0.120 e. The predicted molar refractivity (Wildman–Crippen MR) is 62.5 cm³/mol. The summed E-state index contributed by atoms with van der Waals surface area (Å²) in [7, 11) is 1.66. The molecule has 4 nitrogen and oxygen atoms in total. The quantitative estimate of drug-likeness (QED) is 0.774. The van der Waals surface area contributed by atoms with E-state index in [9.17, 15) is 0 Å². The van der Waals surface area contributed by atoms with Gasteiger partial charge in [-0.1, -0.05) is 0 Å². The lowest BCUT2D eigenvalue weighted by molar-refractivity contribution is 0.200. The average Bonchev–Trinajstić information content (AvgIpc) is 2.67. The fourth-order valence-electron chi connectivity index (χ4n) is 1.87. The minimum Gasteiger partial charge on any atom is -0.497 e. The van der Waals surface area contributed by atoms with Crippen LogP contribution < -0.4 is 10.2 Å². The van der Waals surface area contributed by atoms with Gasteiger partial charge < -0.3 is 14.5 Å². The highest BCUT2D eigenvalue weighted by atomic mass is 16.5. The third-order valence-electron chi connectivity index (χ3n) is 2.68. The molecule has 0 atom stereocenters. The zero-order valence-corrected chi connectivity index (χ0v) is 9.40. The molecule has 0 aliphatic rings. The summed E-state index contributed by atoms with van der Waals surface area (Å²) >= 11 is 0. The number of benzene rings is 1. The fraction of sp³-hybridized carbons (Fsp3) is 0.250. The van der Waals surface area contributed by atoms with Gasteiger partial charge in [-0.05, 0) is 24.6 Å². The molecule has 1 radical (unpaired) electrons. The zero-order valence-electron chi connectivity index (χ0n) is 9.40. The van der Waals surface area contributed by atoms with Crippen molar-refractivity contribution in [3.05, 3.63) is 36.5 Å². The summed E-state index contributed by atoms with van der Waals surface area (Å²) in [6.07, 6.45) is 1.99. The van der Waals surface area contributed by atoms with Crippen LogP contribution in [0.2, 0.25) is 0 Å². The monoisotopic (exact) mass is 219 g/mol. The molecule has 0 spiro atoms. The van der Waals surface area contributed by atoms with Crippen LogP contribution in [0.3, 0.4) is 0 Å². The van der Waals surface area contributed by atoms with Crippen molar-refractivity contribution in [1.29, 1.82) is 0 Å². The van der Waals surface area contributed by atoms with Crippen molar-refractivity contribution in [2.24, 2.45) is 0 Å². The fourth-order valence-corrected chi connectivity index (χ4v) is 1.87. The van der Waals surface area contributed by atoms with Crippen molar-refractivity contribution >= 4 is 10.9 Å². The van der Waals surface area contributed by atoms with E-state index in [2.05, 4.69) is 17.0 Å². The first-order valence-corrected chi connectivity index (χ1v) is 5.20. The van der Waals surface area contributed by atoms with Gasteiger partial charge in [-0.3, -0.25) is 0 Å². The molecule has 1 heterocycles. The van der Waals surface area contributed by atoms with E-state index >= 15 is 0 Å². The normalized spacial score (nSPS) is 10.9. The van der Waals surface area contributed by atoms with Crippen LogP contribution in [0, 0.1) is 6.54 Å². The molecule has 2 N–H and O–H groups in total. The van der Waals surface area contributed by atoms with Crippen LogP contribution in [0.15, 0.2) is 24.4 Å². The highest BCUT2D eigenvalue weighted by Gasteiger charge is 2.08. The number of nitrogens with zero attached hydrogens (tertiary/aromatic N) is 1. The molecule has 0 saturated carbocycles. The molecule has 0 unspecified atom stereocenters. The maximum absolute atomic E-state index is 8.72. The Morgan fingerprint density at radius 2 is 2.31 bits per heavy atom. The number of ether oxygens (including phenoxy) is 1. The van der Waals surface area contributed by atoms with E-state index in [0.717, 1.165) is 28.8 Å². The molecule has 2 rings (SSSR count). The van der Waals surface area contributed by atoms with Crippen LogP contribution in [-0.4, -0.2) is 16.9 Å². The van der Waals surface area contributed by atoms with Crippen molar-refractivity contribution in [3.63, 3.8) is 0 Å². The van der Waals surface area contributed by atoms with Crippen molar-refractivity contribution in [3.8, 4) is 5.75 Å². The molecule has 16 heavy (non-hydrogen) atoms. The van der Waals surface area contributed by atoms with Gasteiger partial charge in [0.25, 0.3) is 0 Å². The Labute approximate surface area is 94.4 Å². The van der Waals surface area contributed by atoms with Crippen LogP contribution in [-0.2, 0) is 6.54 Å². The molecule has 85 valence electrons. The highest BCUT2D eigenvalue weighted by Crippen LogP contribution is 2.26.